The second-order valence-electron chi connectivity index (χ2n) is 6.21. The quantitative estimate of drug-likeness (QED) is 0.711. The van der Waals surface area contributed by atoms with Crippen LogP contribution < -0.4 is 5.32 Å². The Morgan fingerprint density at radius 2 is 1.91 bits per heavy atom. The topological polar surface area (TPSA) is 12.0 Å². The van der Waals surface area contributed by atoms with Gasteiger partial charge in [0.1, 0.15) is 0 Å². The SMILES string of the molecule is Clc1ccc2c(c1)CCC2CCCNCCc1ccccc1. The summed E-state index contributed by atoms with van der Waals surface area (Å²) in [7, 11) is 0. The third kappa shape index (κ3) is 4.12. The molecule has 0 aliphatic heterocycles. The lowest BCUT2D eigenvalue weighted by Crippen LogP contribution is -2.18. The van der Waals surface area contributed by atoms with Gasteiger partial charge in [-0.1, -0.05) is 48.0 Å². The molecule has 1 atom stereocenters. The van der Waals surface area contributed by atoms with E-state index in [9.17, 15) is 0 Å². The third-order valence-corrected chi connectivity index (χ3v) is 4.88. The summed E-state index contributed by atoms with van der Waals surface area (Å²) in [6.45, 7) is 2.19. The summed E-state index contributed by atoms with van der Waals surface area (Å²) in [4.78, 5) is 0. The van der Waals surface area contributed by atoms with Crippen molar-refractivity contribution in [1.82, 2.24) is 5.32 Å². The van der Waals surface area contributed by atoms with Gasteiger partial charge >= 0.3 is 0 Å². The Hall–Kier alpha value is -1.31. The second-order valence-corrected chi connectivity index (χ2v) is 6.64. The molecule has 22 heavy (non-hydrogen) atoms. The Kier molecular flexibility index (Phi) is 5.53. The van der Waals surface area contributed by atoms with E-state index in [0.717, 1.165) is 30.5 Å². The van der Waals surface area contributed by atoms with E-state index < -0.39 is 0 Å². The van der Waals surface area contributed by atoms with Gasteiger partial charge in [0.15, 0.2) is 0 Å². The molecule has 0 saturated heterocycles. The lowest BCUT2D eigenvalue weighted by molar-refractivity contribution is 0.553. The first-order valence-electron chi connectivity index (χ1n) is 8.36. The minimum absolute atomic E-state index is 0.739. The summed E-state index contributed by atoms with van der Waals surface area (Å²) < 4.78 is 0. The largest absolute Gasteiger partial charge is 0.316 e. The summed E-state index contributed by atoms with van der Waals surface area (Å²) in [6, 6.07) is 17.1. The summed E-state index contributed by atoms with van der Waals surface area (Å²) in [5.41, 5.74) is 4.42. The normalized spacial score (nSPS) is 16.7. The number of fused-ring (bicyclic) bond motifs is 1. The molecule has 0 heterocycles. The number of aryl methyl sites for hydroxylation is 1. The molecule has 0 saturated carbocycles. The number of nitrogens with one attached hydrogen (secondary N) is 1. The molecule has 0 bridgehead atoms. The molecular formula is C20H24ClN. The molecule has 2 aromatic rings. The molecular weight excluding hydrogens is 290 g/mol. The molecule has 1 nitrogen and oxygen atoms in total. The molecule has 2 heteroatoms. The highest BCUT2D eigenvalue weighted by atomic mass is 35.5. The average molecular weight is 314 g/mol. The zero-order valence-corrected chi connectivity index (χ0v) is 13.8. The van der Waals surface area contributed by atoms with E-state index in [1.54, 1.807) is 0 Å². The fraction of sp³-hybridized carbons (Fsp3) is 0.400. The van der Waals surface area contributed by atoms with Crippen LogP contribution in [-0.2, 0) is 12.8 Å². The Morgan fingerprint density at radius 1 is 1.05 bits per heavy atom. The predicted octanol–water partition coefficient (Wildman–Crippen LogP) is 4.98. The monoisotopic (exact) mass is 313 g/mol. The fourth-order valence-corrected chi connectivity index (χ4v) is 3.64. The zero-order valence-electron chi connectivity index (χ0n) is 13.0. The van der Waals surface area contributed by atoms with Crippen LogP contribution in [0.25, 0.3) is 0 Å². The molecule has 0 fully saturated rings. The standard InChI is InChI=1S/C20H24ClN/c21-19-10-11-20-17(8-9-18(20)15-19)7-4-13-22-14-12-16-5-2-1-3-6-16/h1-3,5-6,10-11,15,17,22H,4,7-9,12-14H2. The van der Waals surface area contributed by atoms with Gasteiger partial charge in [-0.2, -0.15) is 0 Å². The van der Waals surface area contributed by atoms with Crippen LogP contribution in [0.5, 0.6) is 0 Å². The highest BCUT2D eigenvalue weighted by molar-refractivity contribution is 6.30. The second kappa shape index (κ2) is 7.80. The van der Waals surface area contributed by atoms with Gasteiger partial charge in [-0.25, -0.2) is 0 Å². The van der Waals surface area contributed by atoms with Crippen LogP contribution in [0, 0.1) is 0 Å². The van der Waals surface area contributed by atoms with Gasteiger partial charge < -0.3 is 5.32 Å². The molecule has 1 aliphatic carbocycles. The first kappa shape index (κ1) is 15.6. The molecule has 116 valence electrons. The highest BCUT2D eigenvalue weighted by Crippen LogP contribution is 2.37. The molecule has 0 aromatic heterocycles. The van der Waals surface area contributed by atoms with Crippen LogP contribution >= 0.6 is 11.6 Å². The Morgan fingerprint density at radius 3 is 2.77 bits per heavy atom. The van der Waals surface area contributed by atoms with Crippen molar-refractivity contribution >= 4 is 11.6 Å². The van der Waals surface area contributed by atoms with Crippen molar-refractivity contribution in [2.45, 2.75) is 38.0 Å². The van der Waals surface area contributed by atoms with Crippen LogP contribution in [0.1, 0.15) is 41.9 Å². The van der Waals surface area contributed by atoms with E-state index in [-0.39, 0.29) is 0 Å². The lowest BCUT2D eigenvalue weighted by atomic mass is 9.96. The van der Waals surface area contributed by atoms with E-state index in [1.807, 2.05) is 6.07 Å². The van der Waals surface area contributed by atoms with Gasteiger partial charge in [0.25, 0.3) is 0 Å². The minimum Gasteiger partial charge on any atom is -0.316 e. The number of benzene rings is 2. The Balaban J connectivity index is 1.35. The van der Waals surface area contributed by atoms with Crippen molar-refractivity contribution in [3.63, 3.8) is 0 Å². The van der Waals surface area contributed by atoms with Crippen LogP contribution in [0.15, 0.2) is 48.5 Å². The number of hydrogen-bond acceptors (Lipinski definition) is 1. The number of rotatable bonds is 7. The number of halogens is 1. The molecule has 0 spiro atoms. The van der Waals surface area contributed by atoms with E-state index in [2.05, 4.69) is 47.8 Å². The Bertz CT molecular complexity index is 594. The fourth-order valence-electron chi connectivity index (χ4n) is 3.45. The molecule has 1 unspecified atom stereocenters. The van der Waals surface area contributed by atoms with Crippen molar-refractivity contribution in [1.29, 1.82) is 0 Å². The van der Waals surface area contributed by atoms with Crippen LogP contribution in [-0.4, -0.2) is 13.1 Å². The summed E-state index contributed by atoms with van der Waals surface area (Å²) in [5, 5.41) is 4.45. The van der Waals surface area contributed by atoms with Gasteiger partial charge in [0.05, 0.1) is 0 Å². The van der Waals surface area contributed by atoms with Crippen molar-refractivity contribution in [3.05, 3.63) is 70.2 Å². The molecule has 0 radical (unpaired) electrons. The maximum atomic E-state index is 6.07. The lowest BCUT2D eigenvalue weighted by Gasteiger charge is -2.12. The minimum atomic E-state index is 0.739. The van der Waals surface area contributed by atoms with Gasteiger partial charge in [0.2, 0.25) is 0 Å². The van der Waals surface area contributed by atoms with E-state index in [1.165, 1.54) is 42.4 Å². The summed E-state index contributed by atoms with van der Waals surface area (Å²) in [6.07, 6.45) is 6.14. The highest BCUT2D eigenvalue weighted by Gasteiger charge is 2.21. The summed E-state index contributed by atoms with van der Waals surface area (Å²) >= 11 is 6.07. The van der Waals surface area contributed by atoms with Crippen molar-refractivity contribution in [2.24, 2.45) is 0 Å². The van der Waals surface area contributed by atoms with Crippen molar-refractivity contribution < 1.29 is 0 Å². The average Bonchev–Trinajstić information content (AvgIpc) is 2.94. The first-order chi connectivity index (χ1) is 10.8. The molecule has 1 aliphatic rings. The number of hydrogen-bond donors (Lipinski definition) is 1. The smallest absolute Gasteiger partial charge is 0.0408 e. The molecule has 1 N–H and O–H groups in total. The van der Waals surface area contributed by atoms with Gasteiger partial charge in [-0.05, 0) is 79.9 Å². The van der Waals surface area contributed by atoms with Crippen molar-refractivity contribution in [2.75, 3.05) is 13.1 Å². The predicted molar refractivity (Wildman–Crippen MR) is 94.8 cm³/mol. The molecule has 0 amide bonds. The maximum Gasteiger partial charge on any atom is 0.0408 e. The van der Waals surface area contributed by atoms with Gasteiger partial charge in [-0.15, -0.1) is 0 Å². The van der Waals surface area contributed by atoms with Crippen LogP contribution in [0.4, 0.5) is 0 Å². The molecule has 2 aromatic carbocycles. The zero-order chi connectivity index (χ0) is 15.2. The first-order valence-corrected chi connectivity index (χ1v) is 8.74. The van der Waals surface area contributed by atoms with E-state index in [0.29, 0.717) is 0 Å². The third-order valence-electron chi connectivity index (χ3n) is 4.65. The van der Waals surface area contributed by atoms with Crippen molar-refractivity contribution in [3.8, 4) is 0 Å². The Labute approximate surface area is 138 Å². The molecule has 3 rings (SSSR count). The van der Waals surface area contributed by atoms with Gasteiger partial charge in [-0.3, -0.25) is 0 Å². The maximum absolute atomic E-state index is 6.07. The van der Waals surface area contributed by atoms with E-state index >= 15 is 0 Å². The van der Waals surface area contributed by atoms with Crippen LogP contribution in [0.3, 0.4) is 0 Å². The van der Waals surface area contributed by atoms with E-state index in [4.69, 9.17) is 11.6 Å². The van der Waals surface area contributed by atoms with Crippen LogP contribution in [0.2, 0.25) is 5.02 Å². The van der Waals surface area contributed by atoms with Gasteiger partial charge in [0, 0.05) is 5.02 Å². The summed E-state index contributed by atoms with van der Waals surface area (Å²) in [5.74, 6) is 0.739.